The van der Waals surface area contributed by atoms with Crippen LogP contribution in [0.15, 0.2) is 42.6 Å². The van der Waals surface area contributed by atoms with Crippen molar-refractivity contribution in [1.82, 2.24) is 20.1 Å². The van der Waals surface area contributed by atoms with Crippen molar-refractivity contribution in [1.29, 1.82) is 0 Å². The third-order valence-corrected chi connectivity index (χ3v) is 6.79. The van der Waals surface area contributed by atoms with Gasteiger partial charge < -0.3 is 21.3 Å². The van der Waals surface area contributed by atoms with E-state index in [2.05, 4.69) is 20.5 Å². The van der Waals surface area contributed by atoms with Crippen LogP contribution in [0.4, 0.5) is 20.7 Å². The molecule has 0 radical (unpaired) electrons. The maximum Gasteiger partial charge on any atom is 0.319 e. The number of carbonyl (C=O) groups is 2. The maximum absolute atomic E-state index is 13.7. The molecular formula is C25H33FN6O2. The first-order valence-corrected chi connectivity index (χ1v) is 12.0. The molecule has 0 unspecified atom stereocenters. The van der Waals surface area contributed by atoms with Crippen molar-refractivity contribution in [2.75, 3.05) is 43.8 Å². The minimum absolute atomic E-state index is 0.0833. The second kappa shape index (κ2) is 11.3. The number of nitrogens with two attached hydrogens (primary N) is 1. The van der Waals surface area contributed by atoms with Crippen LogP contribution in [0.25, 0.3) is 0 Å². The first-order chi connectivity index (χ1) is 16.5. The van der Waals surface area contributed by atoms with Gasteiger partial charge in [-0.2, -0.15) is 0 Å². The van der Waals surface area contributed by atoms with E-state index in [-0.39, 0.29) is 17.5 Å². The van der Waals surface area contributed by atoms with E-state index in [1.54, 1.807) is 18.3 Å². The summed E-state index contributed by atoms with van der Waals surface area (Å²) in [5.74, 6) is 0.728. The van der Waals surface area contributed by atoms with Gasteiger partial charge >= 0.3 is 6.03 Å². The van der Waals surface area contributed by atoms with Crippen LogP contribution in [0.3, 0.4) is 0 Å². The fourth-order valence-electron chi connectivity index (χ4n) is 4.77. The molecule has 1 aromatic carbocycles. The zero-order valence-corrected chi connectivity index (χ0v) is 19.4. The lowest BCUT2D eigenvalue weighted by molar-refractivity contribution is -0.138. The van der Waals surface area contributed by atoms with Crippen molar-refractivity contribution in [2.45, 2.75) is 32.2 Å². The highest BCUT2D eigenvalue weighted by molar-refractivity contribution is 5.89. The number of piperidine rings is 2. The van der Waals surface area contributed by atoms with Gasteiger partial charge in [0.2, 0.25) is 5.91 Å². The van der Waals surface area contributed by atoms with Crippen LogP contribution in [0.5, 0.6) is 0 Å². The van der Waals surface area contributed by atoms with Crippen molar-refractivity contribution in [3.63, 3.8) is 0 Å². The Morgan fingerprint density at radius 2 is 1.79 bits per heavy atom. The molecule has 1 aromatic heterocycles. The minimum atomic E-state index is -0.461. The fraction of sp³-hybridized carbons (Fsp3) is 0.480. The summed E-state index contributed by atoms with van der Waals surface area (Å²) in [6, 6.07) is 9.56. The Morgan fingerprint density at radius 3 is 2.50 bits per heavy atom. The number of hydrogen-bond donors (Lipinski definition) is 3. The molecule has 0 bridgehead atoms. The van der Waals surface area contributed by atoms with Gasteiger partial charge in [0.25, 0.3) is 0 Å². The Morgan fingerprint density at radius 1 is 1.06 bits per heavy atom. The van der Waals surface area contributed by atoms with Crippen LogP contribution in [-0.4, -0.2) is 59.4 Å². The summed E-state index contributed by atoms with van der Waals surface area (Å²) in [7, 11) is 0. The Labute approximate surface area is 199 Å². The number of anilines is 2. The van der Waals surface area contributed by atoms with E-state index < -0.39 is 11.8 Å². The first-order valence-electron chi connectivity index (χ1n) is 12.0. The number of nitrogens with one attached hydrogen (secondary N) is 2. The summed E-state index contributed by atoms with van der Waals surface area (Å²) in [5.41, 5.74) is 7.08. The molecule has 0 spiro atoms. The molecular weight excluding hydrogens is 435 g/mol. The smallest absolute Gasteiger partial charge is 0.319 e. The van der Waals surface area contributed by atoms with Gasteiger partial charge in [-0.15, -0.1) is 0 Å². The quantitative estimate of drug-likeness (QED) is 0.605. The van der Waals surface area contributed by atoms with Crippen LogP contribution in [-0.2, 0) is 11.3 Å². The normalized spacial score (nSPS) is 18.0. The average Bonchev–Trinajstić information content (AvgIpc) is 2.85. The van der Waals surface area contributed by atoms with Gasteiger partial charge in [-0.3, -0.25) is 9.69 Å². The van der Waals surface area contributed by atoms with E-state index in [4.69, 9.17) is 5.73 Å². The SMILES string of the molecule is Nc1cc(CN2CCC(C(=O)N3CCC(CNC(=O)Nc4ccccc4F)CC3)CC2)ccn1. The zero-order valence-electron chi connectivity index (χ0n) is 19.4. The number of likely N-dealkylation sites (tertiary alicyclic amines) is 2. The van der Waals surface area contributed by atoms with Crippen LogP contribution in [0, 0.1) is 17.7 Å². The van der Waals surface area contributed by atoms with Crippen molar-refractivity contribution in [2.24, 2.45) is 11.8 Å². The van der Waals surface area contributed by atoms with E-state index in [0.29, 0.717) is 18.3 Å². The molecule has 0 saturated carbocycles. The van der Waals surface area contributed by atoms with E-state index in [0.717, 1.165) is 64.0 Å². The van der Waals surface area contributed by atoms with Gasteiger partial charge in [-0.25, -0.2) is 14.2 Å². The minimum Gasteiger partial charge on any atom is -0.384 e. The summed E-state index contributed by atoms with van der Waals surface area (Å²) in [4.78, 5) is 33.5. The molecule has 4 N–H and O–H groups in total. The lowest BCUT2D eigenvalue weighted by Gasteiger charge is -2.37. The largest absolute Gasteiger partial charge is 0.384 e. The number of nitrogens with zero attached hydrogens (tertiary/aromatic N) is 3. The molecule has 34 heavy (non-hydrogen) atoms. The van der Waals surface area contributed by atoms with Gasteiger partial charge in [0.15, 0.2) is 0 Å². The predicted molar refractivity (Wildman–Crippen MR) is 129 cm³/mol. The Kier molecular flexibility index (Phi) is 7.95. The summed E-state index contributed by atoms with van der Waals surface area (Å²) < 4.78 is 13.7. The third kappa shape index (κ3) is 6.44. The van der Waals surface area contributed by atoms with E-state index in [1.807, 2.05) is 17.0 Å². The van der Waals surface area contributed by atoms with Gasteiger partial charge in [-0.05, 0) is 74.5 Å². The highest BCUT2D eigenvalue weighted by atomic mass is 19.1. The number of halogens is 1. The number of nitrogen functional groups attached to an aromatic ring is 1. The standard InChI is InChI=1S/C25H33FN6O2/c26-21-3-1-2-4-22(21)30-25(34)29-16-18-6-13-32(14-7-18)24(33)20-8-11-31(12-9-20)17-19-5-10-28-23(27)15-19/h1-5,10,15,18,20H,6-9,11-14,16-17H2,(H2,27,28)(H2,29,30,34). The molecule has 2 aromatic rings. The molecule has 2 saturated heterocycles. The number of carbonyl (C=O) groups excluding carboxylic acids is 2. The maximum atomic E-state index is 13.7. The second-order valence-electron chi connectivity index (χ2n) is 9.22. The summed E-state index contributed by atoms with van der Waals surface area (Å²) in [5, 5.41) is 5.36. The lowest BCUT2D eigenvalue weighted by Crippen LogP contribution is -2.46. The molecule has 0 atom stereocenters. The van der Waals surface area contributed by atoms with Crippen molar-refractivity contribution in [3.8, 4) is 0 Å². The molecule has 2 aliphatic heterocycles. The number of benzene rings is 1. The molecule has 2 fully saturated rings. The molecule has 2 aliphatic rings. The number of rotatable bonds is 6. The number of pyridine rings is 1. The molecule has 4 rings (SSSR count). The Hall–Kier alpha value is -3.20. The number of para-hydroxylation sites is 1. The molecule has 0 aliphatic carbocycles. The number of aromatic nitrogens is 1. The summed E-state index contributed by atoms with van der Waals surface area (Å²) >= 11 is 0. The van der Waals surface area contributed by atoms with Crippen molar-refractivity contribution in [3.05, 3.63) is 54.0 Å². The van der Waals surface area contributed by atoms with E-state index in [1.165, 1.54) is 12.1 Å². The van der Waals surface area contributed by atoms with Gasteiger partial charge in [0, 0.05) is 38.3 Å². The monoisotopic (exact) mass is 468 g/mol. The van der Waals surface area contributed by atoms with Gasteiger partial charge in [0.05, 0.1) is 5.69 Å². The topological polar surface area (TPSA) is 104 Å². The Balaban J connectivity index is 1.15. The van der Waals surface area contributed by atoms with Crippen LogP contribution in [0.2, 0.25) is 0 Å². The Bertz CT molecular complexity index is 987. The van der Waals surface area contributed by atoms with Gasteiger partial charge in [0.1, 0.15) is 11.6 Å². The van der Waals surface area contributed by atoms with E-state index >= 15 is 0 Å². The number of hydrogen-bond acceptors (Lipinski definition) is 5. The average molecular weight is 469 g/mol. The molecule has 3 heterocycles. The van der Waals surface area contributed by atoms with Crippen LogP contribution >= 0.6 is 0 Å². The molecule has 9 heteroatoms. The predicted octanol–water partition coefficient (Wildman–Crippen LogP) is 3.08. The lowest BCUT2D eigenvalue weighted by atomic mass is 9.92. The third-order valence-electron chi connectivity index (χ3n) is 6.79. The summed E-state index contributed by atoms with van der Waals surface area (Å²) in [6.45, 7) is 4.58. The molecule has 8 nitrogen and oxygen atoms in total. The number of amides is 3. The van der Waals surface area contributed by atoms with E-state index in [9.17, 15) is 14.0 Å². The van der Waals surface area contributed by atoms with Crippen LogP contribution in [0.1, 0.15) is 31.2 Å². The highest BCUT2D eigenvalue weighted by Crippen LogP contribution is 2.24. The van der Waals surface area contributed by atoms with Crippen LogP contribution < -0.4 is 16.4 Å². The van der Waals surface area contributed by atoms with Crippen molar-refractivity contribution >= 4 is 23.4 Å². The molecule has 182 valence electrons. The first kappa shape index (κ1) is 23.9. The second-order valence-corrected chi connectivity index (χ2v) is 9.22. The zero-order chi connectivity index (χ0) is 23.9. The van der Waals surface area contributed by atoms with Gasteiger partial charge in [-0.1, -0.05) is 12.1 Å². The fourth-order valence-corrected chi connectivity index (χ4v) is 4.77. The molecule has 3 amide bonds. The highest BCUT2D eigenvalue weighted by Gasteiger charge is 2.31. The number of urea groups is 1. The van der Waals surface area contributed by atoms with Crippen molar-refractivity contribution < 1.29 is 14.0 Å². The summed E-state index contributed by atoms with van der Waals surface area (Å²) in [6.07, 6.45) is 5.19.